The summed E-state index contributed by atoms with van der Waals surface area (Å²) in [4.78, 5) is 19.5. The number of nitrogens with zero attached hydrogens (tertiary/aromatic N) is 1. The zero-order valence-corrected chi connectivity index (χ0v) is 12.1. The molecule has 0 amide bonds. The number of nitrogens with two attached hydrogens (primary N) is 1. The largest absolute Gasteiger partial charge is 0.369 e. The summed E-state index contributed by atoms with van der Waals surface area (Å²) in [5.74, 6) is 0.652. The predicted octanol–water partition coefficient (Wildman–Crippen LogP) is 3.36. The van der Waals surface area contributed by atoms with E-state index in [4.69, 9.17) is 5.73 Å². The molecule has 2 aromatic heterocycles. The minimum absolute atomic E-state index is 0.158. The molecule has 3 rings (SSSR count). The molecule has 0 atom stereocenters. The number of aromatic nitrogens is 2. The van der Waals surface area contributed by atoms with Crippen molar-refractivity contribution in [1.29, 1.82) is 0 Å². The number of hydrogen-bond acceptors (Lipinski definition) is 4. The molecule has 0 unspecified atom stereocenters. The highest BCUT2D eigenvalue weighted by Crippen LogP contribution is 2.31. The second kappa shape index (κ2) is 4.76. The van der Waals surface area contributed by atoms with Crippen LogP contribution in [0.4, 0.5) is 5.95 Å². The summed E-state index contributed by atoms with van der Waals surface area (Å²) in [6.45, 7) is 4.32. The molecule has 102 valence electrons. The van der Waals surface area contributed by atoms with E-state index in [1.165, 1.54) is 16.9 Å². The van der Waals surface area contributed by atoms with Crippen LogP contribution in [-0.4, -0.2) is 9.97 Å². The Morgan fingerprint density at radius 2 is 1.95 bits per heavy atom. The normalized spacial score (nSPS) is 11.3. The van der Waals surface area contributed by atoms with Crippen molar-refractivity contribution in [1.82, 2.24) is 9.97 Å². The van der Waals surface area contributed by atoms with Gasteiger partial charge in [0, 0.05) is 10.9 Å². The van der Waals surface area contributed by atoms with Crippen molar-refractivity contribution in [3.63, 3.8) is 0 Å². The Balaban J connectivity index is 2.17. The highest BCUT2D eigenvalue weighted by molar-refractivity contribution is 7.17. The van der Waals surface area contributed by atoms with Crippen LogP contribution >= 0.6 is 11.3 Å². The minimum atomic E-state index is -0.184. The maximum absolute atomic E-state index is 12.1. The molecule has 4 nitrogen and oxygen atoms in total. The smallest absolute Gasteiger partial charge is 0.261 e. The molecule has 3 aromatic rings. The molecule has 0 radical (unpaired) electrons. The first-order chi connectivity index (χ1) is 9.56. The molecule has 3 N–H and O–H groups in total. The van der Waals surface area contributed by atoms with Crippen LogP contribution in [0.2, 0.25) is 0 Å². The first-order valence-corrected chi connectivity index (χ1v) is 7.31. The minimum Gasteiger partial charge on any atom is -0.369 e. The van der Waals surface area contributed by atoms with Gasteiger partial charge in [-0.1, -0.05) is 38.1 Å². The number of hydrogen-bond donors (Lipinski definition) is 2. The van der Waals surface area contributed by atoms with Gasteiger partial charge in [0.15, 0.2) is 0 Å². The lowest BCUT2D eigenvalue weighted by Crippen LogP contribution is -2.10. The number of nitrogens with one attached hydrogen (secondary N) is 1. The van der Waals surface area contributed by atoms with Gasteiger partial charge in [0.25, 0.3) is 5.56 Å². The van der Waals surface area contributed by atoms with E-state index in [-0.39, 0.29) is 11.5 Å². The number of rotatable bonds is 2. The maximum Gasteiger partial charge on any atom is 0.261 e. The molecule has 2 heterocycles. The monoisotopic (exact) mass is 285 g/mol. The number of aromatic amines is 1. The number of thiophene rings is 1. The number of anilines is 1. The van der Waals surface area contributed by atoms with Crippen LogP contribution in [0.3, 0.4) is 0 Å². The fourth-order valence-electron chi connectivity index (χ4n) is 2.23. The van der Waals surface area contributed by atoms with Gasteiger partial charge < -0.3 is 5.73 Å². The Labute approximate surface area is 120 Å². The molecule has 0 saturated heterocycles. The van der Waals surface area contributed by atoms with Gasteiger partial charge in [-0.05, 0) is 17.0 Å². The van der Waals surface area contributed by atoms with E-state index >= 15 is 0 Å². The predicted molar refractivity (Wildman–Crippen MR) is 84.2 cm³/mol. The van der Waals surface area contributed by atoms with Gasteiger partial charge in [-0.3, -0.25) is 9.78 Å². The molecule has 0 aliphatic rings. The van der Waals surface area contributed by atoms with Gasteiger partial charge in [0.2, 0.25) is 5.95 Å². The van der Waals surface area contributed by atoms with Gasteiger partial charge in [-0.2, -0.15) is 0 Å². The van der Waals surface area contributed by atoms with Crippen molar-refractivity contribution in [3.8, 4) is 11.1 Å². The average Bonchev–Trinajstić information content (AvgIpc) is 2.82. The van der Waals surface area contributed by atoms with Crippen LogP contribution in [0.5, 0.6) is 0 Å². The number of nitrogen functional groups attached to an aromatic ring is 1. The lowest BCUT2D eigenvalue weighted by atomic mass is 9.99. The number of H-pyrrole nitrogens is 1. The summed E-state index contributed by atoms with van der Waals surface area (Å²) in [7, 11) is 0. The number of benzene rings is 1. The molecule has 0 spiro atoms. The summed E-state index contributed by atoms with van der Waals surface area (Å²) in [5, 5.41) is 2.57. The highest BCUT2D eigenvalue weighted by Gasteiger charge is 2.12. The Bertz CT molecular complexity index is 815. The molecule has 0 bridgehead atoms. The van der Waals surface area contributed by atoms with Crippen molar-refractivity contribution in [2.75, 3.05) is 5.73 Å². The standard InChI is InChI=1S/C15H15N3OS/c1-8(2)9-3-5-10(6-4-9)11-7-20-14-12(11)13(19)17-15(16)18-14/h3-8H,1-2H3,(H3,16,17,18,19). The molecule has 5 heteroatoms. The van der Waals surface area contributed by atoms with E-state index in [2.05, 4.69) is 35.9 Å². The molecule has 0 aliphatic heterocycles. The van der Waals surface area contributed by atoms with Crippen LogP contribution in [0.25, 0.3) is 21.3 Å². The van der Waals surface area contributed by atoms with Crippen molar-refractivity contribution in [3.05, 3.63) is 45.6 Å². The first kappa shape index (κ1) is 12.9. The Morgan fingerprint density at radius 1 is 1.25 bits per heavy atom. The third kappa shape index (κ3) is 2.10. The Kier molecular flexibility index (Phi) is 3.06. The lowest BCUT2D eigenvalue weighted by molar-refractivity contribution is 0.867. The molecule has 1 aromatic carbocycles. The van der Waals surface area contributed by atoms with E-state index in [9.17, 15) is 4.79 Å². The van der Waals surface area contributed by atoms with Gasteiger partial charge in [0.05, 0.1) is 5.39 Å². The van der Waals surface area contributed by atoms with Crippen molar-refractivity contribution in [2.45, 2.75) is 19.8 Å². The highest BCUT2D eigenvalue weighted by atomic mass is 32.1. The van der Waals surface area contributed by atoms with Crippen molar-refractivity contribution < 1.29 is 0 Å². The van der Waals surface area contributed by atoms with E-state index in [0.717, 1.165) is 11.1 Å². The topological polar surface area (TPSA) is 71.8 Å². The summed E-state index contributed by atoms with van der Waals surface area (Å²) in [6.07, 6.45) is 0. The Morgan fingerprint density at radius 3 is 2.60 bits per heavy atom. The molecule has 0 aliphatic carbocycles. The van der Waals surface area contributed by atoms with Crippen LogP contribution < -0.4 is 11.3 Å². The van der Waals surface area contributed by atoms with Crippen LogP contribution in [0.15, 0.2) is 34.4 Å². The molecule has 0 fully saturated rings. The average molecular weight is 285 g/mol. The zero-order valence-electron chi connectivity index (χ0n) is 11.3. The first-order valence-electron chi connectivity index (χ1n) is 6.43. The third-order valence-corrected chi connectivity index (χ3v) is 4.22. The fraction of sp³-hybridized carbons (Fsp3) is 0.200. The van der Waals surface area contributed by atoms with Gasteiger partial charge in [-0.15, -0.1) is 11.3 Å². The summed E-state index contributed by atoms with van der Waals surface area (Å²) in [6, 6.07) is 8.30. The Hall–Kier alpha value is -2.14. The van der Waals surface area contributed by atoms with Crippen LogP contribution in [0, 0.1) is 0 Å². The van der Waals surface area contributed by atoms with Crippen molar-refractivity contribution in [2.24, 2.45) is 0 Å². The van der Waals surface area contributed by atoms with E-state index in [1.807, 2.05) is 17.5 Å². The second-order valence-electron chi connectivity index (χ2n) is 5.06. The maximum atomic E-state index is 12.1. The lowest BCUT2D eigenvalue weighted by Gasteiger charge is -2.06. The second-order valence-corrected chi connectivity index (χ2v) is 5.92. The summed E-state index contributed by atoms with van der Waals surface area (Å²) < 4.78 is 0. The van der Waals surface area contributed by atoms with Gasteiger partial charge in [0.1, 0.15) is 4.83 Å². The van der Waals surface area contributed by atoms with Crippen LogP contribution in [0.1, 0.15) is 25.3 Å². The quantitative estimate of drug-likeness (QED) is 0.758. The van der Waals surface area contributed by atoms with Gasteiger partial charge in [-0.25, -0.2) is 4.98 Å². The molecular weight excluding hydrogens is 270 g/mol. The molecule has 0 saturated carbocycles. The number of fused-ring (bicyclic) bond motifs is 1. The molecular formula is C15H15N3OS. The zero-order chi connectivity index (χ0) is 14.3. The van der Waals surface area contributed by atoms with E-state index in [1.54, 1.807) is 0 Å². The molecule has 20 heavy (non-hydrogen) atoms. The van der Waals surface area contributed by atoms with Crippen LogP contribution in [-0.2, 0) is 0 Å². The summed E-state index contributed by atoms with van der Waals surface area (Å²) in [5.41, 5.74) is 8.60. The van der Waals surface area contributed by atoms with Gasteiger partial charge >= 0.3 is 0 Å². The SMILES string of the molecule is CC(C)c1ccc(-c2csc3nc(N)[nH]c(=O)c23)cc1. The third-order valence-electron chi connectivity index (χ3n) is 3.35. The van der Waals surface area contributed by atoms with E-state index in [0.29, 0.717) is 16.1 Å². The fourth-order valence-corrected chi connectivity index (χ4v) is 3.18. The van der Waals surface area contributed by atoms with Crippen molar-refractivity contribution >= 4 is 27.5 Å². The summed E-state index contributed by atoms with van der Waals surface area (Å²) >= 11 is 1.44. The van der Waals surface area contributed by atoms with E-state index < -0.39 is 0 Å².